The first-order valence-electron chi connectivity index (χ1n) is 9.87. The average molecular weight is 397 g/mol. The van der Waals surface area contributed by atoms with E-state index in [1.807, 2.05) is 32.9 Å². The van der Waals surface area contributed by atoms with E-state index >= 15 is 0 Å². The topological polar surface area (TPSA) is 52.7 Å². The van der Waals surface area contributed by atoms with Crippen LogP contribution in [0.15, 0.2) is 48.5 Å². The van der Waals surface area contributed by atoms with E-state index in [9.17, 15) is 14.0 Å². The van der Waals surface area contributed by atoms with Crippen LogP contribution in [0.25, 0.3) is 0 Å². The number of amides is 2. The fraction of sp³-hybridized carbons (Fsp3) is 0.391. The Hall–Kier alpha value is -2.73. The highest BCUT2D eigenvalue weighted by atomic mass is 19.1. The zero-order valence-electron chi connectivity index (χ0n) is 17.2. The second-order valence-electron chi connectivity index (χ2n) is 8.44. The Morgan fingerprint density at radius 3 is 2.38 bits per heavy atom. The highest BCUT2D eigenvalue weighted by molar-refractivity contribution is 5.95. The predicted octanol–water partition coefficient (Wildman–Crippen LogP) is 3.45. The van der Waals surface area contributed by atoms with Gasteiger partial charge in [0.05, 0.1) is 6.54 Å². The zero-order chi connectivity index (χ0) is 21.0. The van der Waals surface area contributed by atoms with Crippen LogP contribution in [-0.2, 0) is 22.6 Å². The first-order chi connectivity index (χ1) is 13.7. The van der Waals surface area contributed by atoms with Crippen molar-refractivity contribution in [3.05, 3.63) is 65.5 Å². The molecule has 0 saturated carbocycles. The molecule has 5 nitrogen and oxygen atoms in total. The molecule has 2 aromatic carbocycles. The summed E-state index contributed by atoms with van der Waals surface area (Å²) in [4.78, 5) is 29.3. The van der Waals surface area contributed by atoms with Crippen molar-refractivity contribution < 1.29 is 14.0 Å². The van der Waals surface area contributed by atoms with Crippen LogP contribution >= 0.6 is 0 Å². The lowest BCUT2D eigenvalue weighted by Gasteiger charge is -2.37. The third-order valence-electron chi connectivity index (χ3n) is 5.11. The van der Waals surface area contributed by atoms with Crippen LogP contribution in [0.3, 0.4) is 0 Å². The van der Waals surface area contributed by atoms with E-state index in [1.54, 1.807) is 4.90 Å². The smallest absolute Gasteiger partial charge is 0.244 e. The quantitative estimate of drug-likeness (QED) is 0.841. The SMILES string of the molecule is CC(C)(C)N(CC(=O)Nc1ccc(F)cc1)C(=O)CN1CCc2ccccc2C1. The number of fused-ring (bicyclic) bond motifs is 1. The molecular weight excluding hydrogens is 369 g/mol. The highest BCUT2D eigenvalue weighted by Gasteiger charge is 2.30. The van der Waals surface area contributed by atoms with Gasteiger partial charge in [0, 0.05) is 24.3 Å². The van der Waals surface area contributed by atoms with E-state index in [0.29, 0.717) is 5.69 Å². The lowest BCUT2D eigenvalue weighted by molar-refractivity contribution is -0.140. The van der Waals surface area contributed by atoms with Gasteiger partial charge in [-0.2, -0.15) is 0 Å². The number of halogens is 1. The van der Waals surface area contributed by atoms with Gasteiger partial charge in [0.25, 0.3) is 0 Å². The average Bonchev–Trinajstić information content (AvgIpc) is 2.67. The molecule has 0 saturated heterocycles. The van der Waals surface area contributed by atoms with Crippen molar-refractivity contribution in [2.45, 2.75) is 39.3 Å². The molecule has 3 rings (SSSR count). The van der Waals surface area contributed by atoms with Gasteiger partial charge in [-0.3, -0.25) is 14.5 Å². The number of hydrogen-bond acceptors (Lipinski definition) is 3. The monoisotopic (exact) mass is 397 g/mol. The van der Waals surface area contributed by atoms with E-state index in [0.717, 1.165) is 19.5 Å². The predicted molar refractivity (Wildman–Crippen MR) is 112 cm³/mol. The number of carbonyl (C=O) groups excluding carboxylic acids is 2. The lowest BCUT2D eigenvalue weighted by atomic mass is 10.00. The second kappa shape index (κ2) is 8.74. The van der Waals surface area contributed by atoms with Crippen LogP contribution in [0.4, 0.5) is 10.1 Å². The normalized spacial score (nSPS) is 14.2. The Kier molecular flexibility index (Phi) is 6.33. The van der Waals surface area contributed by atoms with Crippen LogP contribution in [-0.4, -0.2) is 46.8 Å². The summed E-state index contributed by atoms with van der Waals surface area (Å²) in [6.45, 7) is 7.54. The van der Waals surface area contributed by atoms with Crippen molar-refractivity contribution in [2.75, 3.05) is 25.0 Å². The van der Waals surface area contributed by atoms with Crippen molar-refractivity contribution in [1.29, 1.82) is 0 Å². The number of hydrogen-bond donors (Lipinski definition) is 1. The maximum atomic E-state index is 13.1. The Balaban J connectivity index is 1.63. The maximum Gasteiger partial charge on any atom is 0.244 e. The van der Waals surface area contributed by atoms with Crippen molar-refractivity contribution in [3.8, 4) is 0 Å². The van der Waals surface area contributed by atoms with Gasteiger partial charge in [0.2, 0.25) is 11.8 Å². The molecule has 0 aliphatic carbocycles. The van der Waals surface area contributed by atoms with Gasteiger partial charge < -0.3 is 10.2 Å². The van der Waals surface area contributed by atoms with Gasteiger partial charge in [-0.05, 0) is 62.6 Å². The standard InChI is InChI=1S/C23H28FN3O2/c1-23(2,3)27(15-21(28)25-20-10-8-19(24)9-11-20)22(29)16-26-13-12-17-6-4-5-7-18(17)14-26/h4-11H,12-16H2,1-3H3,(H,25,28). The minimum atomic E-state index is -0.495. The summed E-state index contributed by atoms with van der Waals surface area (Å²) in [5.74, 6) is -0.743. The summed E-state index contributed by atoms with van der Waals surface area (Å²) in [6.07, 6.45) is 0.921. The van der Waals surface area contributed by atoms with Gasteiger partial charge in [0.15, 0.2) is 0 Å². The third kappa shape index (κ3) is 5.64. The van der Waals surface area contributed by atoms with Crippen molar-refractivity contribution in [2.24, 2.45) is 0 Å². The lowest BCUT2D eigenvalue weighted by Crippen LogP contribution is -2.52. The first-order valence-corrected chi connectivity index (χ1v) is 9.87. The fourth-order valence-electron chi connectivity index (χ4n) is 3.54. The van der Waals surface area contributed by atoms with Crippen LogP contribution in [0.5, 0.6) is 0 Å². The first kappa shape index (κ1) is 21.0. The third-order valence-corrected chi connectivity index (χ3v) is 5.11. The van der Waals surface area contributed by atoms with Crippen molar-refractivity contribution in [3.63, 3.8) is 0 Å². The summed E-state index contributed by atoms with van der Waals surface area (Å²) in [7, 11) is 0. The van der Waals surface area contributed by atoms with E-state index < -0.39 is 5.54 Å². The largest absolute Gasteiger partial charge is 0.327 e. The number of anilines is 1. The molecular formula is C23H28FN3O2. The molecule has 1 aliphatic heterocycles. The molecule has 1 aliphatic rings. The molecule has 1 heterocycles. The Morgan fingerprint density at radius 1 is 1.07 bits per heavy atom. The molecule has 0 bridgehead atoms. The van der Waals surface area contributed by atoms with Gasteiger partial charge in [-0.15, -0.1) is 0 Å². The van der Waals surface area contributed by atoms with E-state index in [4.69, 9.17) is 0 Å². The Bertz CT molecular complexity index is 874. The van der Waals surface area contributed by atoms with Crippen molar-refractivity contribution >= 4 is 17.5 Å². The molecule has 6 heteroatoms. The molecule has 0 fully saturated rings. The summed E-state index contributed by atoms with van der Waals surface area (Å²) in [5, 5.41) is 2.73. The maximum absolute atomic E-state index is 13.1. The summed E-state index contributed by atoms with van der Waals surface area (Å²) >= 11 is 0. The minimum Gasteiger partial charge on any atom is -0.327 e. The number of nitrogens with one attached hydrogen (secondary N) is 1. The number of benzene rings is 2. The summed E-state index contributed by atoms with van der Waals surface area (Å²) in [5.41, 5.74) is 2.60. The Morgan fingerprint density at radius 2 is 1.72 bits per heavy atom. The Labute approximate surface area is 171 Å². The number of rotatable bonds is 5. The summed E-state index contributed by atoms with van der Waals surface area (Å²) in [6, 6.07) is 13.9. The van der Waals surface area contributed by atoms with Crippen LogP contribution in [0.2, 0.25) is 0 Å². The molecule has 0 radical (unpaired) electrons. The second-order valence-corrected chi connectivity index (χ2v) is 8.44. The van der Waals surface area contributed by atoms with Gasteiger partial charge in [0.1, 0.15) is 12.4 Å². The van der Waals surface area contributed by atoms with Crippen LogP contribution in [0.1, 0.15) is 31.9 Å². The van der Waals surface area contributed by atoms with Crippen LogP contribution < -0.4 is 5.32 Å². The molecule has 0 spiro atoms. The molecule has 2 aromatic rings. The molecule has 154 valence electrons. The van der Waals surface area contributed by atoms with E-state index in [-0.39, 0.29) is 30.7 Å². The van der Waals surface area contributed by atoms with Gasteiger partial charge in [-0.1, -0.05) is 24.3 Å². The van der Waals surface area contributed by atoms with Crippen molar-refractivity contribution in [1.82, 2.24) is 9.80 Å². The number of carbonyl (C=O) groups is 2. The van der Waals surface area contributed by atoms with Crippen LogP contribution in [0, 0.1) is 5.82 Å². The minimum absolute atomic E-state index is 0.0515. The highest BCUT2D eigenvalue weighted by Crippen LogP contribution is 2.20. The zero-order valence-corrected chi connectivity index (χ0v) is 17.2. The fourth-order valence-corrected chi connectivity index (χ4v) is 3.54. The van der Waals surface area contributed by atoms with E-state index in [2.05, 4.69) is 22.3 Å². The summed E-state index contributed by atoms with van der Waals surface area (Å²) < 4.78 is 13.0. The molecule has 0 aromatic heterocycles. The van der Waals surface area contributed by atoms with Gasteiger partial charge in [-0.25, -0.2) is 4.39 Å². The molecule has 2 amide bonds. The molecule has 0 atom stereocenters. The van der Waals surface area contributed by atoms with E-state index in [1.165, 1.54) is 35.4 Å². The van der Waals surface area contributed by atoms with Gasteiger partial charge >= 0.3 is 0 Å². The number of nitrogens with zero attached hydrogens (tertiary/aromatic N) is 2. The molecule has 29 heavy (non-hydrogen) atoms. The molecule has 1 N–H and O–H groups in total. The molecule has 0 unspecified atom stereocenters.